The van der Waals surface area contributed by atoms with Crippen molar-refractivity contribution in [2.75, 3.05) is 79.3 Å². The summed E-state index contributed by atoms with van der Waals surface area (Å²) >= 11 is 0. The van der Waals surface area contributed by atoms with E-state index in [1.54, 1.807) is 0 Å². The molecule has 0 aromatic heterocycles. The first-order valence-electron chi connectivity index (χ1n) is 26.6. The fourth-order valence-corrected chi connectivity index (χ4v) is 13.2. The van der Waals surface area contributed by atoms with E-state index in [2.05, 4.69) is 0 Å². The van der Waals surface area contributed by atoms with Crippen molar-refractivity contribution in [1.82, 2.24) is 0 Å². The second-order valence-electron chi connectivity index (χ2n) is 20.2. The lowest BCUT2D eigenvalue weighted by Gasteiger charge is -2.48. The van der Waals surface area contributed by atoms with Crippen LogP contribution in [0, 0.1) is 0 Å². The molecule has 408 valence electrons. The summed E-state index contributed by atoms with van der Waals surface area (Å²) in [5.74, 6) is 0. The molecule has 30 rings (SSSR count). The molecule has 0 unspecified atom stereocenters. The van der Waals surface area contributed by atoms with Gasteiger partial charge in [0.1, 0.15) is 146 Å². The molecule has 0 spiro atoms. The van der Waals surface area contributed by atoms with Crippen LogP contribution in [0.25, 0.3) is 0 Å². The fourth-order valence-electron chi connectivity index (χ4n) is 13.2. The van der Waals surface area contributed by atoms with E-state index >= 15 is 0 Å². The minimum Gasteiger partial charge on any atom is -0.370 e. The van der Waals surface area contributed by atoms with E-state index in [4.69, 9.17) is 114 Å². The van der Waals surface area contributed by atoms with Crippen LogP contribution in [0.4, 0.5) is 0 Å². The van der Waals surface area contributed by atoms with Gasteiger partial charge in [0.15, 0.2) is 37.7 Å². The average molecular weight is 1030 g/mol. The monoisotopic (exact) mass is 1030 g/mol. The number of hydrogen-bond acceptors (Lipinski definition) is 24. The van der Waals surface area contributed by atoms with Crippen molar-refractivity contribution in [3.8, 4) is 0 Å². The Morgan fingerprint density at radius 2 is 0.375 bits per heavy atom. The molecule has 0 saturated carbocycles. The molecule has 24 bridgehead atoms. The quantitative estimate of drug-likeness (QED) is 0.240. The van der Waals surface area contributed by atoms with Gasteiger partial charge in [-0.25, -0.2) is 0 Å². The van der Waals surface area contributed by atoms with E-state index in [0.717, 1.165) is 0 Å². The summed E-state index contributed by atoms with van der Waals surface area (Å²) in [5, 5.41) is 0. The van der Waals surface area contributed by atoms with Gasteiger partial charge in [-0.2, -0.15) is 0 Å². The van der Waals surface area contributed by atoms with Gasteiger partial charge in [0.25, 0.3) is 0 Å². The predicted octanol–water partition coefficient (Wildman–Crippen LogP) is -0.516. The maximum atomic E-state index is 6.88. The molecule has 30 aliphatic heterocycles. The standard InChI is InChI=1S/C48H72O24/c1-7-49-37-31-25-19(13-55-31)61-43(37)67-26-20-14-56-32(26)38(50-8-2)45(62-20)69-28-22-16-58-34(28)40(52-10-4)47(64-22)71-30-24-18-60-36(30)42(54-12-6)48(66-24)72-29-23-17-59-35(29)41(53-11-5)46(65-23)70-27-21-15-57-33(27)39(51-9-3)44(63-21)68-25/h19-48H,7-18H2,1-6H3/t19-,20-,21-,22-,23-,24-,25-,26-,27-,28-,29-,30-,31+,32+,33+,34+,35+,36+,37-,38-,39-,40-,41-,42-,43-,44-,45-,46-,47-,48-/m1/s1. The normalized spacial score (nSPS) is 55.2. The summed E-state index contributed by atoms with van der Waals surface area (Å²) in [5.41, 5.74) is 0. The summed E-state index contributed by atoms with van der Waals surface area (Å²) in [6, 6.07) is 0. The van der Waals surface area contributed by atoms with Crippen molar-refractivity contribution in [3.05, 3.63) is 0 Å². The van der Waals surface area contributed by atoms with Crippen LogP contribution in [0.3, 0.4) is 0 Å². The second-order valence-corrected chi connectivity index (χ2v) is 20.2. The zero-order valence-corrected chi connectivity index (χ0v) is 41.6. The molecule has 0 N–H and O–H groups in total. The largest absolute Gasteiger partial charge is 0.370 e. The summed E-state index contributed by atoms with van der Waals surface area (Å²) in [7, 11) is 0. The topological polar surface area (TPSA) is 222 Å². The predicted molar refractivity (Wildman–Crippen MR) is 232 cm³/mol. The molecule has 0 aromatic carbocycles. The van der Waals surface area contributed by atoms with Crippen molar-refractivity contribution in [2.45, 2.75) is 226 Å². The van der Waals surface area contributed by atoms with E-state index in [1.165, 1.54) is 0 Å². The lowest BCUT2D eigenvalue weighted by Crippen LogP contribution is -2.65. The Bertz CT molecular complexity index is 1500. The maximum Gasteiger partial charge on any atom is 0.187 e. The van der Waals surface area contributed by atoms with Crippen LogP contribution in [-0.2, 0) is 114 Å². The highest BCUT2D eigenvalue weighted by Crippen LogP contribution is 2.46. The lowest BCUT2D eigenvalue weighted by atomic mass is 9.97. The van der Waals surface area contributed by atoms with Crippen LogP contribution in [0.2, 0.25) is 0 Å². The van der Waals surface area contributed by atoms with Crippen LogP contribution in [-0.4, -0.2) is 264 Å². The zero-order valence-electron chi connectivity index (χ0n) is 41.6. The SMILES string of the molecule is CCO[C@H]1[C@H]2O[C@H]3[C@@H]4OC[C@H]3O[C@H](O[C@H]3[C@@H]5OC[C@H]3O[C@H](O[C@H]3[C@@H]6OC[C@H]3O[C@H](O[C@H]3[C@@H]7OC[C@H]3O[C@H](O[C@H]3[C@@H]8OC[C@H]3O[C@H](O[C@H]3[C@@H]1OC[C@H]3O2)[C@@H]8OCC)[C@@H]7OCC)[C@@H]6OCC)[C@@H]5OCC)[C@@H]4OCC. The first kappa shape index (κ1) is 50.5. The van der Waals surface area contributed by atoms with Crippen molar-refractivity contribution >= 4 is 0 Å². The van der Waals surface area contributed by atoms with Crippen LogP contribution < -0.4 is 0 Å². The third-order valence-electron chi connectivity index (χ3n) is 16.2. The summed E-state index contributed by atoms with van der Waals surface area (Å²) in [6.45, 7) is 15.1. The van der Waals surface area contributed by atoms with Crippen molar-refractivity contribution in [3.63, 3.8) is 0 Å². The molecule has 0 aromatic rings. The summed E-state index contributed by atoms with van der Waals surface area (Å²) in [4.78, 5) is 0. The molecule has 0 amide bonds. The Morgan fingerprint density at radius 1 is 0.222 bits per heavy atom. The van der Waals surface area contributed by atoms with Gasteiger partial charge >= 0.3 is 0 Å². The van der Waals surface area contributed by atoms with E-state index in [1.807, 2.05) is 41.5 Å². The first-order chi connectivity index (χ1) is 35.4. The molecular weight excluding hydrogens is 961 g/mol. The van der Waals surface area contributed by atoms with Crippen LogP contribution in [0.5, 0.6) is 0 Å². The Morgan fingerprint density at radius 3 is 0.514 bits per heavy atom. The molecule has 30 heterocycles. The molecule has 0 radical (unpaired) electrons. The fraction of sp³-hybridized carbons (Fsp3) is 1.00. The zero-order chi connectivity index (χ0) is 48.8. The lowest BCUT2D eigenvalue weighted by molar-refractivity contribution is -0.373. The molecular formula is C48H72O24. The molecule has 0 aliphatic carbocycles. The van der Waals surface area contributed by atoms with Gasteiger partial charge in [-0.05, 0) is 41.5 Å². The highest BCUT2D eigenvalue weighted by molar-refractivity contribution is 5.07. The molecule has 30 aliphatic rings. The number of rotatable bonds is 12. The smallest absolute Gasteiger partial charge is 0.187 e. The Balaban J connectivity index is 0.813. The van der Waals surface area contributed by atoms with Gasteiger partial charge in [0.05, 0.1) is 39.6 Å². The Kier molecular flexibility index (Phi) is 15.0. The second kappa shape index (κ2) is 21.4. The molecule has 24 nitrogen and oxygen atoms in total. The van der Waals surface area contributed by atoms with E-state index < -0.39 is 184 Å². The highest BCUT2D eigenvalue weighted by Gasteiger charge is 2.65. The van der Waals surface area contributed by atoms with Crippen molar-refractivity contribution in [2.24, 2.45) is 0 Å². The van der Waals surface area contributed by atoms with Gasteiger partial charge in [-0.1, -0.05) is 0 Å². The van der Waals surface area contributed by atoms with Crippen molar-refractivity contribution < 1.29 is 114 Å². The third kappa shape index (κ3) is 8.76. The molecule has 24 heteroatoms. The molecule has 30 atom stereocenters. The maximum absolute atomic E-state index is 6.88. The number of ether oxygens (including phenoxy) is 24. The molecule has 30 fully saturated rings. The third-order valence-corrected chi connectivity index (χ3v) is 16.2. The van der Waals surface area contributed by atoms with E-state index in [0.29, 0.717) is 39.6 Å². The van der Waals surface area contributed by atoms with Gasteiger partial charge in [-0.15, -0.1) is 0 Å². The van der Waals surface area contributed by atoms with E-state index in [-0.39, 0.29) is 39.6 Å². The van der Waals surface area contributed by atoms with Crippen LogP contribution in [0.1, 0.15) is 41.5 Å². The van der Waals surface area contributed by atoms with Gasteiger partial charge in [0.2, 0.25) is 0 Å². The summed E-state index contributed by atoms with van der Waals surface area (Å²) in [6.07, 6.45) is -19.6. The Hall–Kier alpha value is -0.960. The van der Waals surface area contributed by atoms with Crippen molar-refractivity contribution in [1.29, 1.82) is 0 Å². The first-order valence-corrected chi connectivity index (χ1v) is 26.6. The van der Waals surface area contributed by atoms with Gasteiger partial charge in [-0.3, -0.25) is 0 Å². The average Bonchev–Trinajstić information content (AvgIpc) is 4.16. The van der Waals surface area contributed by atoms with E-state index in [9.17, 15) is 0 Å². The van der Waals surface area contributed by atoms with Crippen LogP contribution >= 0.6 is 0 Å². The molecule has 72 heavy (non-hydrogen) atoms. The van der Waals surface area contributed by atoms with Crippen LogP contribution in [0.15, 0.2) is 0 Å². The molecule has 30 saturated heterocycles. The minimum absolute atomic E-state index is 0.242. The van der Waals surface area contributed by atoms with Gasteiger partial charge in [0, 0.05) is 39.6 Å². The summed E-state index contributed by atoms with van der Waals surface area (Å²) < 4.78 is 159. The minimum atomic E-state index is -0.863. The Labute approximate surface area is 418 Å². The highest BCUT2D eigenvalue weighted by atomic mass is 16.8. The number of hydrogen-bond donors (Lipinski definition) is 0. The van der Waals surface area contributed by atoms with Gasteiger partial charge < -0.3 is 114 Å².